The Balaban J connectivity index is 1.22. The summed E-state index contributed by atoms with van der Waals surface area (Å²) in [6.07, 6.45) is 6.48. The lowest BCUT2D eigenvalue weighted by Crippen LogP contribution is -2.06. The van der Waals surface area contributed by atoms with Crippen molar-refractivity contribution in [3.8, 4) is 22.6 Å². The Morgan fingerprint density at radius 3 is 1.91 bits per heavy atom. The molecule has 0 unspecified atom stereocenters. The second-order valence-electron chi connectivity index (χ2n) is 8.97. The van der Waals surface area contributed by atoms with Gasteiger partial charge in [0, 0.05) is 0 Å². The maximum absolute atomic E-state index is 6.24. The van der Waals surface area contributed by atoms with Crippen LogP contribution in [-0.4, -0.2) is 6.61 Å². The average molecular weight is 459 g/mol. The second kappa shape index (κ2) is 10.9. The lowest BCUT2D eigenvalue weighted by Gasteiger charge is -2.18. The second-order valence-corrected chi connectivity index (χ2v) is 8.97. The molecular formula is C33H30O2. The van der Waals surface area contributed by atoms with Crippen LogP contribution in [0.4, 0.5) is 0 Å². The monoisotopic (exact) mass is 458 g/mol. The lowest BCUT2D eigenvalue weighted by molar-refractivity contribution is 0.271. The molecule has 0 saturated heterocycles. The molecule has 0 aliphatic heterocycles. The minimum atomic E-state index is 0.500. The van der Waals surface area contributed by atoms with E-state index in [0.717, 1.165) is 35.5 Å². The first-order valence-corrected chi connectivity index (χ1v) is 12.2. The fourth-order valence-corrected chi connectivity index (χ4v) is 4.30. The van der Waals surface area contributed by atoms with Crippen LogP contribution in [0.3, 0.4) is 0 Å². The zero-order valence-electron chi connectivity index (χ0n) is 20.1. The minimum absolute atomic E-state index is 0.500. The molecular weight excluding hydrogens is 428 g/mol. The molecule has 35 heavy (non-hydrogen) atoms. The van der Waals surface area contributed by atoms with Crippen LogP contribution >= 0.6 is 0 Å². The number of rotatable bonds is 8. The first-order valence-electron chi connectivity index (χ1n) is 12.2. The molecule has 4 aromatic carbocycles. The van der Waals surface area contributed by atoms with E-state index in [1.807, 2.05) is 12.1 Å². The van der Waals surface area contributed by atoms with E-state index in [2.05, 4.69) is 110 Å². The Morgan fingerprint density at radius 1 is 0.571 bits per heavy atom. The topological polar surface area (TPSA) is 18.5 Å². The smallest absolute Gasteiger partial charge is 0.161 e. The molecule has 2 nitrogen and oxygen atoms in total. The highest BCUT2D eigenvalue weighted by molar-refractivity contribution is 5.68. The number of hydrogen-bond donors (Lipinski definition) is 0. The van der Waals surface area contributed by atoms with E-state index in [-0.39, 0.29) is 0 Å². The Bertz CT molecular complexity index is 1320. The fraction of sp³-hybridized carbons (Fsp3) is 0.152. The zero-order valence-corrected chi connectivity index (χ0v) is 20.1. The summed E-state index contributed by atoms with van der Waals surface area (Å²) in [7, 11) is 0. The van der Waals surface area contributed by atoms with Crippen LogP contribution in [0.15, 0.2) is 121 Å². The number of ether oxygens (including phenoxy) is 2. The predicted molar refractivity (Wildman–Crippen MR) is 145 cm³/mol. The van der Waals surface area contributed by atoms with E-state index >= 15 is 0 Å². The van der Waals surface area contributed by atoms with Crippen LogP contribution < -0.4 is 9.47 Å². The van der Waals surface area contributed by atoms with Gasteiger partial charge in [0.1, 0.15) is 13.2 Å². The number of hydrogen-bond acceptors (Lipinski definition) is 2. The SMILES string of the molecule is Cc1ccc(OCc2ccc(-c3ccccc3)cc2)c(OCC2=CC=C(c3ccccc3)CC2)c1. The maximum atomic E-state index is 6.24. The van der Waals surface area contributed by atoms with Crippen LogP contribution in [0.1, 0.15) is 29.5 Å². The third-order valence-electron chi connectivity index (χ3n) is 6.35. The van der Waals surface area contributed by atoms with Gasteiger partial charge in [-0.1, -0.05) is 103 Å². The summed E-state index contributed by atoms with van der Waals surface area (Å²) >= 11 is 0. The van der Waals surface area contributed by atoms with Crippen molar-refractivity contribution in [2.45, 2.75) is 26.4 Å². The van der Waals surface area contributed by atoms with Crippen LogP contribution in [0.5, 0.6) is 11.5 Å². The Hall–Kier alpha value is -4.04. The molecule has 0 heterocycles. The normalized spacial score (nSPS) is 13.1. The van der Waals surface area contributed by atoms with E-state index in [1.54, 1.807) is 0 Å². The van der Waals surface area contributed by atoms with Crippen molar-refractivity contribution >= 4 is 5.57 Å². The van der Waals surface area contributed by atoms with Gasteiger partial charge < -0.3 is 9.47 Å². The average Bonchev–Trinajstić information content (AvgIpc) is 2.93. The molecule has 0 aromatic heterocycles. The van der Waals surface area contributed by atoms with Crippen molar-refractivity contribution in [1.29, 1.82) is 0 Å². The number of aryl methyl sites for hydroxylation is 1. The van der Waals surface area contributed by atoms with Gasteiger partial charge >= 0.3 is 0 Å². The van der Waals surface area contributed by atoms with Crippen molar-refractivity contribution in [2.75, 3.05) is 6.61 Å². The molecule has 0 spiro atoms. The summed E-state index contributed by atoms with van der Waals surface area (Å²) in [5.41, 5.74) is 8.69. The van der Waals surface area contributed by atoms with Crippen molar-refractivity contribution in [3.63, 3.8) is 0 Å². The van der Waals surface area contributed by atoms with Gasteiger partial charge in [0.25, 0.3) is 0 Å². The van der Waals surface area contributed by atoms with Gasteiger partial charge in [0.2, 0.25) is 0 Å². The molecule has 0 radical (unpaired) electrons. The summed E-state index contributed by atoms with van der Waals surface area (Å²) in [5.74, 6) is 1.57. The Kier molecular flexibility index (Phi) is 7.10. The van der Waals surface area contributed by atoms with Crippen LogP contribution in [0, 0.1) is 6.92 Å². The summed E-state index contributed by atoms with van der Waals surface area (Å²) < 4.78 is 12.4. The molecule has 0 atom stereocenters. The van der Waals surface area contributed by atoms with E-state index in [1.165, 1.54) is 27.8 Å². The van der Waals surface area contributed by atoms with Crippen LogP contribution in [0.25, 0.3) is 16.7 Å². The van der Waals surface area contributed by atoms with E-state index in [4.69, 9.17) is 9.47 Å². The molecule has 0 fully saturated rings. The lowest BCUT2D eigenvalue weighted by atomic mass is 9.94. The highest BCUT2D eigenvalue weighted by Gasteiger charge is 2.11. The van der Waals surface area contributed by atoms with Gasteiger partial charge in [-0.3, -0.25) is 0 Å². The zero-order chi connectivity index (χ0) is 23.9. The molecule has 0 bridgehead atoms. The molecule has 4 aromatic rings. The largest absolute Gasteiger partial charge is 0.485 e. The standard InChI is InChI=1S/C33H30O2/c1-25-12-21-32(34-23-26-13-17-30(18-14-26)28-8-4-2-5-9-28)33(22-25)35-24-27-15-19-31(20-16-27)29-10-6-3-7-11-29/h2-15,17-19,21-22H,16,20,23-24H2,1H3. The van der Waals surface area contributed by atoms with E-state index in [9.17, 15) is 0 Å². The molecule has 2 heteroatoms. The van der Waals surface area contributed by atoms with E-state index in [0.29, 0.717) is 13.2 Å². The van der Waals surface area contributed by atoms with Gasteiger partial charge in [-0.15, -0.1) is 0 Å². The third-order valence-corrected chi connectivity index (χ3v) is 6.35. The van der Waals surface area contributed by atoms with Crippen molar-refractivity contribution in [2.24, 2.45) is 0 Å². The van der Waals surface area contributed by atoms with Gasteiger partial charge in [0.05, 0.1) is 0 Å². The van der Waals surface area contributed by atoms with Crippen molar-refractivity contribution in [3.05, 3.63) is 138 Å². The van der Waals surface area contributed by atoms with Gasteiger partial charge in [-0.2, -0.15) is 0 Å². The summed E-state index contributed by atoms with van der Waals surface area (Å²) in [6, 6.07) is 35.7. The molecule has 1 aliphatic carbocycles. The quantitative estimate of drug-likeness (QED) is 0.264. The highest BCUT2D eigenvalue weighted by Crippen LogP contribution is 2.31. The highest BCUT2D eigenvalue weighted by atomic mass is 16.5. The van der Waals surface area contributed by atoms with Crippen molar-refractivity contribution in [1.82, 2.24) is 0 Å². The summed E-state index contributed by atoms with van der Waals surface area (Å²) in [6.45, 7) is 3.15. The fourth-order valence-electron chi connectivity index (χ4n) is 4.30. The minimum Gasteiger partial charge on any atom is -0.485 e. The van der Waals surface area contributed by atoms with Gasteiger partial charge in [-0.25, -0.2) is 0 Å². The summed E-state index contributed by atoms with van der Waals surface area (Å²) in [4.78, 5) is 0. The molecule has 1 aliphatic rings. The van der Waals surface area contributed by atoms with E-state index < -0.39 is 0 Å². The molecule has 174 valence electrons. The first kappa shape index (κ1) is 22.7. The summed E-state index contributed by atoms with van der Waals surface area (Å²) in [5, 5.41) is 0. The number of allylic oxidation sites excluding steroid dienone is 3. The Morgan fingerprint density at radius 2 is 1.23 bits per heavy atom. The first-order chi connectivity index (χ1) is 17.2. The molecule has 0 N–H and O–H groups in total. The molecule has 5 rings (SSSR count). The Labute approximate surface area is 208 Å². The van der Waals surface area contributed by atoms with Crippen molar-refractivity contribution < 1.29 is 9.47 Å². The van der Waals surface area contributed by atoms with Crippen LogP contribution in [-0.2, 0) is 6.61 Å². The molecule has 0 amide bonds. The predicted octanol–water partition coefficient (Wildman–Crippen LogP) is 8.42. The third kappa shape index (κ3) is 5.91. The van der Waals surface area contributed by atoms with Gasteiger partial charge in [0.15, 0.2) is 11.5 Å². The number of benzene rings is 4. The van der Waals surface area contributed by atoms with Crippen LogP contribution in [0.2, 0.25) is 0 Å². The van der Waals surface area contributed by atoms with Gasteiger partial charge in [-0.05, 0) is 70.9 Å². The maximum Gasteiger partial charge on any atom is 0.161 e. The molecule has 0 saturated carbocycles.